The van der Waals surface area contributed by atoms with Gasteiger partial charge in [0.2, 0.25) is 0 Å². The number of amides is 1. The number of anilines is 2. The van der Waals surface area contributed by atoms with Crippen LogP contribution in [0.5, 0.6) is 0 Å². The molecule has 7 rings (SSSR count). The van der Waals surface area contributed by atoms with Crippen LogP contribution in [0.15, 0.2) is 132 Å². The molecule has 3 aliphatic rings. The van der Waals surface area contributed by atoms with Gasteiger partial charge in [0, 0.05) is 35.4 Å². The topological polar surface area (TPSA) is 70.6 Å². The minimum Gasteiger partial charge on any atom is -0.340 e. The van der Waals surface area contributed by atoms with Gasteiger partial charge in [-0.3, -0.25) is 19.5 Å². The lowest BCUT2D eigenvalue weighted by Crippen LogP contribution is -2.59. The number of fused-ring (bicyclic) bond motifs is 2. The number of carbonyl (C=O) groups is 2. The van der Waals surface area contributed by atoms with E-state index in [2.05, 4.69) is 4.98 Å². The van der Waals surface area contributed by atoms with E-state index in [9.17, 15) is 9.59 Å². The Morgan fingerprint density at radius 1 is 0.870 bits per heavy atom. The monoisotopic (exact) mass is 613 g/mol. The zero-order valence-corrected chi connectivity index (χ0v) is 24.8. The van der Waals surface area contributed by atoms with Crippen molar-refractivity contribution >= 4 is 34.6 Å². The average Bonchev–Trinajstić information content (AvgIpc) is 3.30. The minimum atomic E-state index is -3.95. The number of para-hydroxylation sites is 2. The van der Waals surface area contributed by atoms with Crippen LogP contribution in [-0.2, 0) is 27.2 Å². The molecular formula is C38H29F2N3O3. The smallest absolute Gasteiger partial charge is 0.310 e. The van der Waals surface area contributed by atoms with Crippen LogP contribution in [0, 0.1) is 0 Å². The van der Waals surface area contributed by atoms with Crippen LogP contribution in [0.3, 0.4) is 0 Å². The number of nitrogens with zero attached hydrogens (tertiary/aromatic N) is 3. The molecule has 1 unspecified atom stereocenters. The first-order valence-corrected chi connectivity index (χ1v) is 15.3. The summed E-state index contributed by atoms with van der Waals surface area (Å²) in [5.41, 5.74) is 0.819. The van der Waals surface area contributed by atoms with Gasteiger partial charge in [0.15, 0.2) is 5.78 Å². The minimum absolute atomic E-state index is 0.0197. The van der Waals surface area contributed by atoms with Gasteiger partial charge >= 0.3 is 5.92 Å². The van der Waals surface area contributed by atoms with Crippen LogP contribution < -0.4 is 9.80 Å². The molecule has 0 saturated heterocycles. The summed E-state index contributed by atoms with van der Waals surface area (Å²) in [6, 6.07) is 27.6. The summed E-state index contributed by atoms with van der Waals surface area (Å²) < 4.78 is 34.8. The predicted molar refractivity (Wildman–Crippen MR) is 172 cm³/mol. The molecule has 4 aromatic rings. The fourth-order valence-electron chi connectivity index (χ4n) is 6.85. The highest BCUT2D eigenvalue weighted by molar-refractivity contribution is 6.23. The van der Waals surface area contributed by atoms with Crippen molar-refractivity contribution in [3.05, 3.63) is 149 Å². The average molecular weight is 614 g/mol. The third-order valence-electron chi connectivity index (χ3n) is 8.82. The second-order valence-electron chi connectivity index (χ2n) is 11.5. The van der Waals surface area contributed by atoms with E-state index in [4.69, 9.17) is 0 Å². The van der Waals surface area contributed by atoms with Crippen LogP contribution in [0.25, 0.3) is 5.57 Å². The number of alkyl halides is 2. The Morgan fingerprint density at radius 3 is 2.28 bits per heavy atom. The number of hydrogen-bond donors (Lipinski definition) is 0. The molecule has 2 aliphatic heterocycles. The van der Waals surface area contributed by atoms with Gasteiger partial charge in [0.05, 0.1) is 23.3 Å². The van der Waals surface area contributed by atoms with Crippen molar-refractivity contribution in [1.82, 2.24) is 4.98 Å². The van der Waals surface area contributed by atoms with Crippen molar-refractivity contribution in [3.8, 4) is 0 Å². The van der Waals surface area contributed by atoms with Crippen LogP contribution in [0.1, 0.15) is 29.7 Å². The Kier molecular flexibility index (Phi) is 7.51. The second kappa shape index (κ2) is 11.8. The molecule has 0 saturated carbocycles. The quantitative estimate of drug-likeness (QED) is 0.230. The predicted octanol–water partition coefficient (Wildman–Crippen LogP) is 6.57. The van der Waals surface area contributed by atoms with Crippen LogP contribution >= 0.6 is 0 Å². The summed E-state index contributed by atoms with van der Waals surface area (Å²) in [5.74, 6) is -3.72. The first kappa shape index (κ1) is 29.3. The Hall–Kier alpha value is -5.46. The maximum absolute atomic E-state index is 17.4. The SMILES string of the molecule is O=C=C1C(c2ccccc2)=C2C(=O)N(c3ccccc3)C(C(=O)Cc3ccccn3)C(=C2N2CCCCc3ccccc32)C1(F)F. The highest BCUT2D eigenvalue weighted by Crippen LogP contribution is 2.55. The van der Waals surface area contributed by atoms with Crippen molar-refractivity contribution in [3.63, 3.8) is 0 Å². The molecule has 3 heterocycles. The number of aryl methyl sites for hydroxylation is 1. The van der Waals surface area contributed by atoms with E-state index in [1.54, 1.807) is 83.8 Å². The second-order valence-corrected chi connectivity index (χ2v) is 11.5. The number of allylic oxidation sites excluding steroid dienone is 2. The van der Waals surface area contributed by atoms with E-state index in [0.29, 0.717) is 30.0 Å². The van der Waals surface area contributed by atoms with Crippen molar-refractivity contribution in [2.45, 2.75) is 37.6 Å². The van der Waals surface area contributed by atoms with Crippen molar-refractivity contribution in [1.29, 1.82) is 0 Å². The van der Waals surface area contributed by atoms with Crippen molar-refractivity contribution in [2.75, 3.05) is 16.3 Å². The number of hydrogen-bond acceptors (Lipinski definition) is 5. The molecule has 6 nitrogen and oxygen atoms in total. The van der Waals surface area contributed by atoms with Crippen LogP contribution in [-0.4, -0.2) is 41.1 Å². The fraction of sp³-hybridized carbons (Fsp3) is 0.184. The number of rotatable bonds is 6. The Morgan fingerprint density at radius 2 is 1.57 bits per heavy atom. The van der Waals surface area contributed by atoms with Gasteiger partial charge in [0.25, 0.3) is 5.91 Å². The van der Waals surface area contributed by atoms with Gasteiger partial charge in [-0.2, -0.15) is 8.78 Å². The van der Waals surface area contributed by atoms with Gasteiger partial charge in [-0.15, -0.1) is 0 Å². The zero-order chi connectivity index (χ0) is 31.8. The molecule has 2 bridgehead atoms. The van der Waals surface area contributed by atoms with E-state index in [-0.39, 0.29) is 28.8 Å². The van der Waals surface area contributed by atoms with Crippen LogP contribution in [0.4, 0.5) is 20.2 Å². The maximum atomic E-state index is 17.4. The van der Waals surface area contributed by atoms with E-state index < -0.39 is 34.8 Å². The first-order valence-electron chi connectivity index (χ1n) is 15.3. The summed E-state index contributed by atoms with van der Waals surface area (Å²) in [7, 11) is 0. The molecule has 1 aromatic heterocycles. The number of pyridine rings is 1. The number of carbonyl (C=O) groups excluding carboxylic acids is 3. The van der Waals surface area contributed by atoms with Crippen molar-refractivity contribution in [2.24, 2.45) is 0 Å². The third kappa shape index (κ3) is 4.78. The maximum Gasteiger partial charge on any atom is 0.310 e. The standard InChI is InChI=1S/C38H29F2N3O3/c39-38(40)29(24-44)32(26-15-3-1-4-16-26)33-36(42-22-12-10-14-25-13-7-8-20-30(25)42)34(38)35(31(45)23-27-17-9-11-21-41-27)43(37(33)46)28-18-5-2-6-19-28/h1-9,11,13,15-21,35H,10,12,14,22-23H2. The normalized spacial score (nSPS) is 19.0. The fourth-order valence-corrected chi connectivity index (χ4v) is 6.85. The highest BCUT2D eigenvalue weighted by Gasteiger charge is 2.60. The molecule has 1 amide bonds. The number of Topliss-reactive ketones (excluding diaryl/α,β-unsaturated/α-hetero) is 1. The molecule has 0 fully saturated rings. The lowest BCUT2D eigenvalue weighted by atomic mass is 9.72. The summed E-state index contributed by atoms with van der Waals surface area (Å²) in [6.07, 6.45) is 3.46. The highest BCUT2D eigenvalue weighted by atomic mass is 19.3. The van der Waals surface area contributed by atoms with Gasteiger partial charge in [0.1, 0.15) is 17.6 Å². The van der Waals surface area contributed by atoms with E-state index in [1.165, 1.54) is 17.0 Å². The summed E-state index contributed by atoms with van der Waals surface area (Å²) in [5, 5.41) is 0. The molecule has 0 radical (unpaired) electrons. The molecule has 3 aromatic carbocycles. The van der Waals surface area contributed by atoms with Gasteiger partial charge in [-0.1, -0.05) is 72.8 Å². The van der Waals surface area contributed by atoms with Gasteiger partial charge < -0.3 is 4.90 Å². The lowest BCUT2D eigenvalue weighted by Gasteiger charge is -2.47. The van der Waals surface area contributed by atoms with E-state index in [0.717, 1.165) is 18.4 Å². The number of aromatic nitrogens is 1. The summed E-state index contributed by atoms with van der Waals surface area (Å²) in [6.45, 7) is 0.345. The third-order valence-corrected chi connectivity index (χ3v) is 8.82. The van der Waals surface area contributed by atoms with Crippen molar-refractivity contribution < 1.29 is 23.2 Å². The number of halogens is 2. The molecule has 1 aliphatic carbocycles. The molecular weight excluding hydrogens is 584 g/mol. The van der Waals surface area contributed by atoms with E-state index in [1.807, 2.05) is 24.3 Å². The molecule has 0 N–H and O–H groups in total. The van der Waals surface area contributed by atoms with E-state index >= 15 is 13.6 Å². The molecule has 8 heteroatoms. The Balaban J connectivity index is 1.60. The first-order chi connectivity index (χ1) is 22.4. The Bertz CT molecular complexity index is 1950. The molecule has 0 spiro atoms. The van der Waals surface area contributed by atoms with Crippen LogP contribution in [0.2, 0.25) is 0 Å². The lowest BCUT2D eigenvalue weighted by molar-refractivity contribution is -0.123. The van der Waals surface area contributed by atoms with Gasteiger partial charge in [-0.25, -0.2) is 4.79 Å². The zero-order valence-electron chi connectivity index (χ0n) is 24.8. The Labute approximate surface area is 265 Å². The molecule has 228 valence electrons. The van der Waals surface area contributed by atoms with Gasteiger partial charge in [-0.05, 0) is 60.7 Å². The number of ketones is 1. The molecule has 1 atom stereocenters. The largest absolute Gasteiger partial charge is 0.340 e. The summed E-state index contributed by atoms with van der Waals surface area (Å²) in [4.78, 5) is 49.3. The summed E-state index contributed by atoms with van der Waals surface area (Å²) >= 11 is 0. The molecule has 46 heavy (non-hydrogen) atoms. The number of benzene rings is 3.